The van der Waals surface area contributed by atoms with Crippen molar-refractivity contribution in [3.05, 3.63) is 40.6 Å². The van der Waals surface area contributed by atoms with Crippen LogP contribution in [-0.4, -0.2) is 7.11 Å². The van der Waals surface area contributed by atoms with Gasteiger partial charge in [-0.05, 0) is 31.2 Å². The highest BCUT2D eigenvalue weighted by Gasteiger charge is 2.08. The number of ether oxygens (including phenoxy) is 1. The Hall–Kier alpha value is -1.22. The molecular formula is C12H11BrO2. The predicted molar refractivity (Wildman–Crippen MR) is 63.1 cm³/mol. The third kappa shape index (κ3) is 1.92. The normalized spacial score (nSPS) is 10.3. The van der Waals surface area contributed by atoms with Gasteiger partial charge in [-0.2, -0.15) is 0 Å². The van der Waals surface area contributed by atoms with Crippen LogP contribution >= 0.6 is 15.9 Å². The first-order chi connectivity index (χ1) is 7.22. The van der Waals surface area contributed by atoms with Crippen molar-refractivity contribution in [2.75, 3.05) is 7.11 Å². The van der Waals surface area contributed by atoms with Gasteiger partial charge < -0.3 is 9.15 Å². The molecule has 0 aliphatic carbocycles. The molecule has 1 aromatic carbocycles. The molecule has 0 bridgehead atoms. The van der Waals surface area contributed by atoms with Gasteiger partial charge >= 0.3 is 0 Å². The molecule has 15 heavy (non-hydrogen) atoms. The molecule has 0 fully saturated rings. The van der Waals surface area contributed by atoms with Crippen molar-refractivity contribution >= 4 is 15.9 Å². The minimum Gasteiger partial charge on any atom is -0.496 e. The van der Waals surface area contributed by atoms with E-state index in [1.807, 2.05) is 31.2 Å². The molecule has 0 aliphatic rings. The summed E-state index contributed by atoms with van der Waals surface area (Å²) in [6, 6.07) is 7.79. The van der Waals surface area contributed by atoms with Crippen molar-refractivity contribution < 1.29 is 9.15 Å². The van der Waals surface area contributed by atoms with Crippen LogP contribution in [-0.2, 0) is 0 Å². The fourth-order valence-corrected chi connectivity index (χ4v) is 1.89. The summed E-state index contributed by atoms with van der Waals surface area (Å²) in [5.41, 5.74) is 2.10. The molecule has 0 aliphatic heterocycles. The molecule has 0 unspecified atom stereocenters. The zero-order chi connectivity index (χ0) is 10.8. The zero-order valence-corrected chi connectivity index (χ0v) is 10.2. The first-order valence-corrected chi connectivity index (χ1v) is 5.39. The second-order valence-electron chi connectivity index (χ2n) is 3.26. The molecule has 1 aromatic heterocycles. The molecule has 3 heteroatoms. The van der Waals surface area contributed by atoms with E-state index >= 15 is 0 Å². The Morgan fingerprint density at radius 1 is 1.33 bits per heavy atom. The van der Waals surface area contributed by atoms with E-state index < -0.39 is 0 Å². The summed E-state index contributed by atoms with van der Waals surface area (Å²) in [5.74, 6) is 1.70. The van der Waals surface area contributed by atoms with Crippen LogP contribution in [0.1, 0.15) is 5.56 Å². The maximum absolute atomic E-state index is 5.34. The molecule has 78 valence electrons. The number of hydrogen-bond acceptors (Lipinski definition) is 2. The highest BCUT2D eigenvalue weighted by Crippen LogP contribution is 2.32. The van der Waals surface area contributed by atoms with E-state index in [-0.39, 0.29) is 0 Å². The molecule has 2 nitrogen and oxygen atoms in total. The number of hydrogen-bond donors (Lipinski definition) is 0. The van der Waals surface area contributed by atoms with Crippen LogP contribution in [0.5, 0.6) is 5.75 Å². The summed E-state index contributed by atoms with van der Waals surface area (Å²) >= 11 is 3.50. The van der Waals surface area contributed by atoms with Crippen molar-refractivity contribution in [2.24, 2.45) is 0 Å². The summed E-state index contributed by atoms with van der Waals surface area (Å²) in [5, 5.41) is 0. The van der Waals surface area contributed by atoms with E-state index in [9.17, 15) is 0 Å². The number of methoxy groups -OCH3 is 1. The average molecular weight is 267 g/mol. The summed E-state index contributed by atoms with van der Waals surface area (Å²) < 4.78 is 11.7. The Balaban J connectivity index is 2.55. The molecule has 0 saturated heterocycles. The first-order valence-electron chi connectivity index (χ1n) is 4.60. The van der Waals surface area contributed by atoms with Gasteiger partial charge in [0.15, 0.2) is 0 Å². The maximum Gasteiger partial charge on any atom is 0.134 e. The maximum atomic E-state index is 5.34. The van der Waals surface area contributed by atoms with Crippen LogP contribution in [0, 0.1) is 6.92 Å². The van der Waals surface area contributed by atoms with Crippen LogP contribution in [0.15, 0.2) is 39.4 Å². The SMILES string of the molecule is COc1cc(-c2ccco2)cc(Br)c1C. The largest absolute Gasteiger partial charge is 0.496 e. The topological polar surface area (TPSA) is 22.4 Å². The van der Waals surface area contributed by atoms with E-state index in [1.165, 1.54) is 0 Å². The van der Waals surface area contributed by atoms with Crippen molar-refractivity contribution in [3.8, 4) is 17.1 Å². The second-order valence-corrected chi connectivity index (χ2v) is 4.12. The quantitative estimate of drug-likeness (QED) is 0.819. The van der Waals surface area contributed by atoms with Crippen LogP contribution < -0.4 is 4.74 Å². The van der Waals surface area contributed by atoms with Gasteiger partial charge in [0, 0.05) is 15.6 Å². The third-order valence-electron chi connectivity index (χ3n) is 2.32. The summed E-state index contributed by atoms with van der Waals surface area (Å²) in [7, 11) is 1.67. The lowest BCUT2D eigenvalue weighted by molar-refractivity contribution is 0.411. The van der Waals surface area contributed by atoms with E-state index in [1.54, 1.807) is 13.4 Å². The van der Waals surface area contributed by atoms with Gasteiger partial charge in [-0.3, -0.25) is 0 Å². The molecule has 2 aromatic rings. The van der Waals surface area contributed by atoms with E-state index in [2.05, 4.69) is 15.9 Å². The molecule has 0 N–H and O–H groups in total. The molecule has 0 amide bonds. The fourth-order valence-electron chi connectivity index (χ4n) is 1.45. The van der Waals surface area contributed by atoms with Gasteiger partial charge in [0.1, 0.15) is 11.5 Å². The molecule has 0 atom stereocenters. The fraction of sp³-hybridized carbons (Fsp3) is 0.167. The van der Waals surface area contributed by atoms with Gasteiger partial charge in [0.05, 0.1) is 13.4 Å². The monoisotopic (exact) mass is 266 g/mol. The predicted octanol–water partition coefficient (Wildman–Crippen LogP) is 4.03. The van der Waals surface area contributed by atoms with Gasteiger partial charge in [0.25, 0.3) is 0 Å². The van der Waals surface area contributed by atoms with Gasteiger partial charge in [-0.15, -0.1) is 0 Å². The Morgan fingerprint density at radius 3 is 2.73 bits per heavy atom. The first kappa shape index (κ1) is 10.3. The lowest BCUT2D eigenvalue weighted by Gasteiger charge is -2.08. The van der Waals surface area contributed by atoms with Crippen molar-refractivity contribution in [2.45, 2.75) is 6.92 Å². The standard InChI is InChI=1S/C12H11BrO2/c1-8-10(13)6-9(7-12(8)14-2)11-4-3-5-15-11/h3-7H,1-2H3. The number of rotatable bonds is 2. The highest BCUT2D eigenvalue weighted by molar-refractivity contribution is 9.10. The molecular weight excluding hydrogens is 256 g/mol. The van der Waals surface area contributed by atoms with Gasteiger partial charge in [-0.25, -0.2) is 0 Å². The summed E-state index contributed by atoms with van der Waals surface area (Å²) in [4.78, 5) is 0. The number of halogens is 1. The molecule has 0 saturated carbocycles. The average Bonchev–Trinajstić information content (AvgIpc) is 2.75. The Kier molecular flexibility index (Phi) is 2.82. The minimum atomic E-state index is 0.842. The van der Waals surface area contributed by atoms with Crippen LogP contribution in [0.4, 0.5) is 0 Å². The lowest BCUT2D eigenvalue weighted by Crippen LogP contribution is -1.89. The Bertz CT molecular complexity index is 461. The summed E-state index contributed by atoms with van der Waals surface area (Å²) in [6.45, 7) is 2.01. The highest BCUT2D eigenvalue weighted by atomic mass is 79.9. The minimum absolute atomic E-state index is 0.842. The molecule has 0 radical (unpaired) electrons. The van der Waals surface area contributed by atoms with Crippen LogP contribution in [0.25, 0.3) is 11.3 Å². The third-order valence-corrected chi connectivity index (χ3v) is 3.15. The number of benzene rings is 1. The van der Waals surface area contributed by atoms with Crippen molar-refractivity contribution in [1.82, 2.24) is 0 Å². The lowest BCUT2D eigenvalue weighted by atomic mass is 10.1. The Morgan fingerprint density at radius 2 is 2.13 bits per heavy atom. The van der Waals surface area contributed by atoms with E-state index in [4.69, 9.17) is 9.15 Å². The van der Waals surface area contributed by atoms with E-state index in [0.29, 0.717) is 0 Å². The second kappa shape index (κ2) is 4.11. The van der Waals surface area contributed by atoms with E-state index in [0.717, 1.165) is 27.1 Å². The molecule has 0 spiro atoms. The molecule has 2 rings (SSSR count). The number of furan rings is 1. The summed E-state index contributed by atoms with van der Waals surface area (Å²) in [6.07, 6.45) is 1.66. The van der Waals surface area contributed by atoms with Crippen LogP contribution in [0.2, 0.25) is 0 Å². The van der Waals surface area contributed by atoms with Gasteiger partial charge in [0.2, 0.25) is 0 Å². The molecule has 1 heterocycles. The van der Waals surface area contributed by atoms with Crippen LogP contribution in [0.3, 0.4) is 0 Å². The van der Waals surface area contributed by atoms with Gasteiger partial charge in [-0.1, -0.05) is 15.9 Å². The smallest absolute Gasteiger partial charge is 0.134 e. The van der Waals surface area contributed by atoms with Crippen molar-refractivity contribution in [1.29, 1.82) is 0 Å². The Labute approximate surface area is 97.0 Å². The van der Waals surface area contributed by atoms with Crippen molar-refractivity contribution in [3.63, 3.8) is 0 Å². The zero-order valence-electron chi connectivity index (χ0n) is 8.58.